The van der Waals surface area contributed by atoms with Crippen LogP contribution in [-0.4, -0.2) is 66.5 Å². The standard InChI is InChI=1S/C20H16ClF4N9O2/c21-13-5-10(6-26-17(13)34-27-3-4-28-34)30-19(36)12-7-29-33(16(12)20(23,24)25)15-2-1-14(22)18(31-15)32-8-11(35)9-32/h1-5,7,11,26,35H,6,8-9H2,(H,30,36). The number of alkyl halides is 3. The number of anilines is 1. The molecule has 0 saturated carbocycles. The van der Waals surface area contributed by atoms with Gasteiger partial charge in [-0.2, -0.15) is 28.5 Å². The second-order valence-corrected chi connectivity index (χ2v) is 8.25. The molecule has 0 radical (unpaired) electrons. The first-order valence-electron chi connectivity index (χ1n) is 10.4. The normalized spacial score (nSPS) is 16.5. The third-order valence-electron chi connectivity index (χ3n) is 5.34. The van der Waals surface area contributed by atoms with Crippen LogP contribution in [0.2, 0.25) is 0 Å². The molecule has 16 heteroatoms. The summed E-state index contributed by atoms with van der Waals surface area (Å²) in [5, 5.41) is 26.4. The highest BCUT2D eigenvalue weighted by atomic mass is 35.5. The lowest BCUT2D eigenvalue weighted by Gasteiger charge is -2.37. The molecule has 11 nitrogen and oxygen atoms in total. The number of dihydropyridines is 1. The van der Waals surface area contributed by atoms with Gasteiger partial charge >= 0.3 is 6.18 Å². The van der Waals surface area contributed by atoms with Crippen LogP contribution in [0.25, 0.3) is 11.6 Å². The smallest absolute Gasteiger partial charge is 0.389 e. The Morgan fingerprint density at radius 3 is 2.56 bits per heavy atom. The van der Waals surface area contributed by atoms with E-state index in [0.29, 0.717) is 10.5 Å². The Morgan fingerprint density at radius 1 is 1.19 bits per heavy atom. The van der Waals surface area contributed by atoms with Crippen molar-refractivity contribution >= 4 is 29.1 Å². The average Bonchev–Trinajstić information content (AvgIpc) is 3.48. The predicted molar refractivity (Wildman–Crippen MR) is 117 cm³/mol. The van der Waals surface area contributed by atoms with Gasteiger partial charge in [-0.05, 0) is 18.2 Å². The van der Waals surface area contributed by atoms with E-state index in [-0.39, 0.29) is 42.0 Å². The SMILES string of the molecule is O=C(NC1=CC(Cl)=C(n2nccn2)NC1)c1cnn(-c2ccc(F)c(N3CC(O)C3)n2)c1C(F)(F)F. The van der Waals surface area contributed by atoms with Crippen LogP contribution in [-0.2, 0) is 6.18 Å². The van der Waals surface area contributed by atoms with E-state index in [1.54, 1.807) is 0 Å². The van der Waals surface area contributed by atoms with Crippen LogP contribution >= 0.6 is 11.6 Å². The first-order chi connectivity index (χ1) is 17.1. The molecular weight excluding hydrogens is 510 g/mol. The van der Waals surface area contributed by atoms with Crippen LogP contribution < -0.4 is 15.5 Å². The number of rotatable bonds is 5. The summed E-state index contributed by atoms with van der Waals surface area (Å²) in [6.45, 7) is 0.202. The summed E-state index contributed by atoms with van der Waals surface area (Å²) < 4.78 is 56.8. The molecular formula is C20H16ClF4N9O2. The van der Waals surface area contributed by atoms with Crippen molar-refractivity contribution in [1.29, 1.82) is 0 Å². The third-order valence-corrected chi connectivity index (χ3v) is 5.63. The van der Waals surface area contributed by atoms with Gasteiger partial charge in [-0.15, -0.1) is 4.80 Å². The first-order valence-corrected chi connectivity index (χ1v) is 10.8. The Morgan fingerprint density at radius 2 is 1.92 bits per heavy atom. The Hall–Kier alpha value is -3.98. The fourth-order valence-corrected chi connectivity index (χ4v) is 3.95. The highest BCUT2D eigenvalue weighted by Gasteiger charge is 2.41. The lowest BCUT2D eigenvalue weighted by atomic mass is 10.1. The number of aliphatic hydroxyl groups is 1. The minimum Gasteiger partial charge on any atom is -0.389 e. The summed E-state index contributed by atoms with van der Waals surface area (Å²) in [5.41, 5.74) is -1.96. The number of allylic oxidation sites excluding steroid dienone is 2. The lowest BCUT2D eigenvalue weighted by molar-refractivity contribution is -0.143. The molecule has 2 aliphatic heterocycles. The van der Waals surface area contributed by atoms with E-state index in [1.165, 1.54) is 28.2 Å². The number of pyridine rings is 1. The highest BCUT2D eigenvalue weighted by molar-refractivity contribution is 6.33. The number of carbonyl (C=O) groups is 1. The van der Waals surface area contributed by atoms with E-state index in [1.807, 2.05) is 0 Å². The van der Waals surface area contributed by atoms with E-state index in [2.05, 4.69) is 30.9 Å². The highest BCUT2D eigenvalue weighted by Crippen LogP contribution is 2.34. The molecule has 0 aliphatic carbocycles. The molecule has 3 N–H and O–H groups in total. The van der Waals surface area contributed by atoms with Crippen molar-refractivity contribution < 1.29 is 27.5 Å². The van der Waals surface area contributed by atoms with E-state index in [9.17, 15) is 27.5 Å². The molecule has 0 bridgehead atoms. The maximum Gasteiger partial charge on any atom is 0.434 e. The Labute approximate surface area is 204 Å². The lowest BCUT2D eigenvalue weighted by Crippen LogP contribution is -2.51. The van der Waals surface area contributed by atoms with Crippen molar-refractivity contribution in [1.82, 2.24) is 40.4 Å². The fourth-order valence-electron chi connectivity index (χ4n) is 3.68. The molecule has 1 amide bonds. The van der Waals surface area contributed by atoms with Crippen molar-refractivity contribution in [2.24, 2.45) is 0 Å². The van der Waals surface area contributed by atoms with Crippen molar-refractivity contribution in [3.05, 3.63) is 64.6 Å². The molecule has 2 aliphatic rings. The topological polar surface area (TPSA) is 126 Å². The van der Waals surface area contributed by atoms with Gasteiger partial charge in [0.1, 0.15) is 0 Å². The summed E-state index contributed by atoms with van der Waals surface area (Å²) in [4.78, 5) is 19.4. The largest absolute Gasteiger partial charge is 0.434 e. The molecule has 1 fully saturated rings. The second kappa shape index (κ2) is 8.91. The molecule has 5 heterocycles. The Bertz CT molecular complexity index is 1380. The summed E-state index contributed by atoms with van der Waals surface area (Å²) in [7, 11) is 0. The number of nitrogens with one attached hydrogen (secondary N) is 2. The van der Waals surface area contributed by atoms with Crippen LogP contribution in [0.3, 0.4) is 0 Å². The summed E-state index contributed by atoms with van der Waals surface area (Å²) >= 11 is 6.20. The van der Waals surface area contributed by atoms with Crippen LogP contribution in [0.15, 0.2) is 47.5 Å². The fraction of sp³-hybridized carbons (Fsp3) is 0.250. The molecule has 1 saturated heterocycles. The number of nitrogens with zero attached hydrogens (tertiary/aromatic N) is 7. The van der Waals surface area contributed by atoms with Crippen LogP contribution in [0.5, 0.6) is 0 Å². The van der Waals surface area contributed by atoms with Gasteiger partial charge in [0.25, 0.3) is 5.91 Å². The monoisotopic (exact) mass is 525 g/mol. The van der Waals surface area contributed by atoms with Gasteiger partial charge in [-0.1, -0.05) is 11.6 Å². The molecule has 0 aromatic carbocycles. The van der Waals surface area contributed by atoms with Gasteiger partial charge in [-0.25, -0.2) is 14.1 Å². The summed E-state index contributed by atoms with van der Waals surface area (Å²) in [6, 6.07) is 1.96. The van der Waals surface area contributed by atoms with Crippen LogP contribution in [0.1, 0.15) is 16.1 Å². The predicted octanol–water partition coefficient (Wildman–Crippen LogP) is 1.48. The number of hydrogen-bond donors (Lipinski definition) is 3. The average molecular weight is 526 g/mol. The minimum absolute atomic E-state index is 0.0267. The van der Waals surface area contributed by atoms with E-state index >= 15 is 0 Å². The number of amides is 1. The van der Waals surface area contributed by atoms with Gasteiger partial charge in [0, 0.05) is 18.8 Å². The van der Waals surface area contributed by atoms with Crippen molar-refractivity contribution in [3.63, 3.8) is 0 Å². The first kappa shape index (κ1) is 23.7. The summed E-state index contributed by atoms with van der Waals surface area (Å²) in [6.07, 6.45) is -0.698. The van der Waals surface area contributed by atoms with E-state index < -0.39 is 35.3 Å². The maximum atomic E-state index is 14.2. The van der Waals surface area contributed by atoms with Gasteiger partial charge in [0.2, 0.25) is 0 Å². The molecule has 0 atom stereocenters. The van der Waals surface area contributed by atoms with E-state index in [0.717, 1.165) is 18.3 Å². The third kappa shape index (κ3) is 4.37. The number of hydrogen-bond acceptors (Lipinski definition) is 8. The zero-order valence-electron chi connectivity index (χ0n) is 18.0. The number of aliphatic hydroxyl groups excluding tert-OH is 1. The van der Waals surface area contributed by atoms with Crippen LogP contribution in [0.4, 0.5) is 23.4 Å². The molecule has 3 aromatic heterocycles. The van der Waals surface area contributed by atoms with Gasteiger partial charge in [0.05, 0.1) is 41.8 Å². The zero-order valence-corrected chi connectivity index (χ0v) is 18.8. The van der Waals surface area contributed by atoms with Crippen LogP contribution in [0, 0.1) is 5.82 Å². The van der Waals surface area contributed by atoms with Gasteiger partial charge < -0.3 is 20.6 Å². The zero-order chi connectivity index (χ0) is 25.6. The van der Waals surface area contributed by atoms with Crippen molar-refractivity contribution in [3.8, 4) is 5.82 Å². The Kier molecular flexibility index (Phi) is 5.88. The second-order valence-electron chi connectivity index (χ2n) is 7.84. The number of aromatic nitrogens is 6. The number of halogens is 5. The van der Waals surface area contributed by atoms with E-state index in [4.69, 9.17) is 11.6 Å². The molecule has 0 spiro atoms. The molecule has 36 heavy (non-hydrogen) atoms. The number of carbonyl (C=O) groups excluding carboxylic acids is 1. The Balaban J connectivity index is 1.45. The van der Waals surface area contributed by atoms with Crippen molar-refractivity contribution in [2.75, 3.05) is 24.5 Å². The molecule has 3 aromatic rings. The van der Waals surface area contributed by atoms with Crippen molar-refractivity contribution in [2.45, 2.75) is 12.3 Å². The number of β-amino-alcohol motifs (C(OH)–C–C–N with tert-alkyl or cyclic N) is 1. The van der Waals surface area contributed by atoms with Gasteiger partial charge in [0.15, 0.2) is 29.0 Å². The molecule has 0 unspecified atom stereocenters. The minimum atomic E-state index is -5.00. The molecule has 188 valence electrons. The summed E-state index contributed by atoms with van der Waals surface area (Å²) in [5.74, 6) is -2.10. The maximum absolute atomic E-state index is 14.2. The quantitative estimate of drug-likeness (QED) is 0.428. The molecule has 5 rings (SSSR count). The van der Waals surface area contributed by atoms with Gasteiger partial charge in [-0.3, -0.25) is 4.79 Å².